The normalized spacial score (nSPS) is 16.5. The lowest BCUT2D eigenvalue weighted by molar-refractivity contribution is 0.155. The van der Waals surface area contributed by atoms with Crippen LogP contribution in [0.4, 0.5) is 15.3 Å². The van der Waals surface area contributed by atoms with Crippen LogP contribution in [0, 0.1) is 0 Å². The molecule has 0 aromatic heterocycles. The van der Waals surface area contributed by atoms with Crippen molar-refractivity contribution in [3.63, 3.8) is 0 Å². The van der Waals surface area contributed by atoms with Crippen molar-refractivity contribution < 1.29 is 19.4 Å². The molecule has 6 heteroatoms. The average Bonchev–Trinajstić information content (AvgIpc) is 3.12. The smallest absolute Gasteiger partial charge is 0.419 e. The van der Waals surface area contributed by atoms with E-state index in [0.717, 1.165) is 17.7 Å². The Hall–Kier alpha value is -3.02. The van der Waals surface area contributed by atoms with E-state index >= 15 is 0 Å². The third kappa shape index (κ3) is 3.91. The summed E-state index contributed by atoms with van der Waals surface area (Å²) in [5.41, 5.74) is 1.80. The van der Waals surface area contributed by atoms with Gasteiger partial charge in [0.25, 0.3) is 0 Å². The summed E-state index contributed by atoms with van der Waals surface area (Å²) in [5, 5.41) is 9.04. The van der Waals surface area contributed by atoms with Crippen molar-refractivity contribution in [2.45, 2.75) is 12.3 Å². The van der Waals surface area contributed by atoms with Gasteiger partial charge in [0.2, 0.25) is 0 Å². The predicted molar refractivity (Wildman–Crippen MR) is 94.3 cm³/mol. The number of carboxylic acid groups (broad SMARTS) is 1. The van der Waals surface area contributed by atoms with Gasteiger partial charge < -0.3 is 14.7 Å². The van der Waals surface area contributed by atoms with Crippen LogP contribution in [0.3, 0.4) is 0 Å². The Morgan fingerprint density at radius 3 is 2.40 bits per heavy atom. The van der Waals surface area contributed by atoms with Gasteiger partial charge >= 0.3 is 12.2 Å². The molecule has 130 valence electrons. The van der Waals surface area contributed by atoms with Crippen LogP contribution in [0.5, 0.6) is 5.75 Å². The molecule has 1 N–H and O–H groups in total. The third-order valence-corrected chi connectivity index (χ3v) is 4.43. The first-order valence-electron chi connectivity index (χ1n) is 8.13. The van der Waals surface area contributed by atoms with Crippen LogP contribution in [-0.2, 0) is 0 Å². The van der Waals surface area contributed by atoms with Gasteiger partial charge in [-0.05, 0) is 36.2 Å². The fraction of sp³-hybridized carbons (Fsp3) is 0.263. The van der Waals surface area contributed by atoms with Crippen LogP contribution in [0.15, 0.2) is 54.6 Å². The maximum absolute atomic E-state index is 12.2. The summed E-state index contributed by atoms with van der Waals surface area (Å²) in [4.78, 5) is 26.1. The molecule has 25 heavy (non-hydrogen) atoms. The van der Waals surface area contributed by atoms with Crippen LogP contribution >= 0.6 is 0 Å². The van der Waals surface area contributed by atoms with E-state index in [4.69, 9.17) is 9.84 Å². The molecular formula is C19H20N2O4. The number of carbonyl (C=O) groups excluding carboxylic acids is 1. The molecule has 0 saturated carbocycles. The number of likely N-dealkylation sites (tertiary alicyclic amines) is 1. The fourth-order valence-electron chi connectivity index (χ4n) is 2.94. The summed E-state index contributed by atoms with van der Waals surface area (Å²) in [5.74, 6) is 0.697. The molecule has 1 atom stereocenters. The van der Waals surface area contributed by atoms with Gasteiger partial charge in [-0.25, -0.2) is 9.59 Å². The van der Waals surface area contributed by atoms with Crippen LogP contribution < -0.4 is 9.64 Å². The van der Waals surface area contributed by atoms with Crippen molar-refractivity contribution in [3.05, 3.63) is 60.2 Å². The zero-order chi connectivity index (χ0) is 17.8. The number of hydrogen-bond donors (Lipinski definition) is 1. The van der Waals surface area contributed by atoms with Crippen LogP contribution in [0.2, 0.25) is 0 Å². The minimum atomic E-state index is -0.873. The molecule has 0 bridgehead atoms. The minimum absolute atomic E-state index is 0.201. The lowest BCUT2D eigenvalue weighted by Gasteiger charge is -2.18. The Morgan fingerprint density at radius 1 is 1.12 bits per heavy atom. The highest BCUT2D eigenvalue weighted by Gasteiger charge is 2.27. The number of nitrogens with zero attached hydrogens (tertiary/aromatic N) is 2. The van der Waals surface area contributed by atoms with Crippen molar-refractivity contribution in [1.29, 1.82) is 0 Å². The van der Waals surface area contributed by atoms with Gasteiger partial charge in [0, 0.05) is 31.7 Å². The number of anilines is 1. The van der Waals surface area contributed by atoms with E-state index in [-0.39, 0.29) is 5.92 Å². The lowest BCUT2D eigenvalue weighted by Crippen LogP contribution is -2.29. The van der Waals surface area contributed by atoms with E-state index in [9.17, 15) is 9.59 Å². The van der Waals surface area contributed by atoms with Gasteiger partial charge in [-0.1, -0.05) is 30.3 Å². The van der Waals surface area contributed by atoms with E-state index in [1.165, 1.54) is 9.80 Å². The van der Waals surface area contributed by atoms with Crippen LogP contribution in [-0.4, -0.2) is 42.3 Å². The molecule has 0 spiro atoms. The van der Waals surface area contributed by atoms with Gasteiger partial charge in [0.05, 0.1) is 0 Å². The van der Waals surface area contributed by atoms with Crippen LogP contribution in [0.1, 0.15) is 17.9 Å². The summed E-state index contributed by atoms with van der Waals surface area (Å²) in [7, 11) is 1.65. The third-order valence-electron chi connectivity index (χ3n) is 4.43. The average molecular weight is 340 g/mol. The van der Waals surface area contributed by atoms with Crippen LogP contribution in [0.25, 0.3) is 0 Å². The zero-order valence-corrected chi connectivity index (χ0v) is 14.0. The molecule has 0 aliphatic carbocycles. The van der Waals surface area contributed by atoms with E-state index in [0.29, 0.717) is 18.8 Å². The second kappa shape index (κ2) is 7.25. The first kappa shape index (κ1) is 16.8. The molecule has 0 radical (unpaired) electrons. The summed E-state index contributed by atoms with van der Waals surface area (Å²) < 4.78 is 5.32. The monoisotopic (exact) mass is 340 g/mol. The quantitative estimate of drug-likeness (QED) is 0.923. The first-order chi connectivity index (χ1) is 12.0. The first-order valence-corrected chi connectivity index (χ1v) is 8.13. The Morgan fingerprint density at radius 2 is 1.80 bits per heavy atom. The number of ether oxygens (including phenoxy) is 1. The van der Waals surface area contributed by atoms with Gasteiger partial charge in [0.1, 0.15) is 5.75 Å². The Bertz CT molecular complexity index is 746. The van der Waals surface area contributed by atoms with Gasteiger partial charge in [-0.3, -0.25) is 4.90 Å². The topological polar surface area (TPSA) is 70.1 Å². The maximum Gasteiger partial charge on any atom is 0.419 e. The summed E-state index contributed by atoms with van der Waals surface area (Å²) in [6.45, 7) is 1.08. The molecule has 6 nitrogen and oxygen atoms in total. The molecule has 2 amide bonds. The van der Waals surface area contributed by atoms with Crippen molar-refractivity contribution in [2.24, 2.45) is 0 Å². The summed E-state index contributed by atoms with van der Waals surface area (Å²) >= 11 is 0. The van der Waals surface area contributed by atoms with E-state index in [2.05, 4.69) is 0 Å². The fourth-order valence-corrected chi connectivity index (χ4v) is 2.94. The molecule has 1 saturated heterocycles. The number of carbonyl (C=O) groups is 2. The SMILES string of the molecule is CN(C(=O)Oc1ccccc1)c1ccc(C2CCN(C(=O)O)C2)cc1. The molecule has 2 aromatic carbocycles. The summed E-state index contributed by atoms with van der Waals surface area (Å²) in [6.07, 6.45) is -0.517. The number of para-hydroxylation sites is 1. The second-order valence-corrected chi connectivity index (χ2v) is 6.05. The number of benzene rings is 2. The predicted octanol–water partition coefficient (Wildman–Crippen LogP) is 3.79. The highest BCUT2D eigenvalue weighted by Crippen LogP contribution is 2.28. The van der Waals surface area contributed by atoms with Crippen molar-refractivity contribution >= 4 is 17.9 Å². The Balaban J connectivity index is 1.63. The van der Waals surface area contributed by atoms with Gasteiger partial charge in [-0.15, -0.1) is 0 Å². The second-order valence-electron chi connectivity index (χ2n) is 6.05. The molecule has 1 aliphatic rings. The van der Waals surface area contributed by atoms with Crippen molar-refractivity contribution in [1.82, 2.24) is 4.90 Å². The lowest BCUT2D eigenvalue weighted by atomic mass is 9.98. The van der Waals surface area contributed by atoms with E-state index < -0.39 is 12.2 Å². The molecule has 1 unspecified atom stereocenters. The van der Waals surface area contributed by atoms with E-state index in [1.54, 1.807) is 31.3 Å². The molecular weight excluding hydrogens is 320 g/mol. The summed E-state index contributed by atoms with van der Waals surface area (Å²) in [6, 6.07) is 16.5. The highest BCUT2D eigenvalue weighted by molar-refractivity contribution is 5.88. The van der Waals surface area contributed by atoms with Gasteiger partial charge in [-0.2, -0.15) is 0 Å². The molecule has 1 fully saturated rings. The van der Waals surface area contributed by atoms with Gasteiger partial charge in [0.15, 0.2) is 0 Å². The highest BCUT2D eigenvalue weighted by atomic mass is 16.6. The maximum atomic E-state index is 12.2. The zero-order valence-electron chi connectivity index (χ0n) is 14.0. The van der Waals surface area contributed by atoms with Crippen molar-refractivity contribution in [2.75, 3.05) is 25.0 Å². The standard InChI is InChI=1S/C19H20N2O4/c1-20(19(24)25-17-5-3-2-4-6-17)16-9-7-14(8-10-16)15-11-12-21(13-15)18(22)23/h2-10,15H,11-13H2,1H3,(H,22,23). The minimum Gasteiger partial charge on any atom is -0.465 e. The largest absolute Gasteiger partial charge is 0.465 e. The van der Waals surface area contributed by atoms with Crippen molar-refractivity contribution in [3.8, 4) is 5.75 Å². The number of amides is 2. The number of rotatable bonds is 3. The Labute approximate surface area is 146 Å². The molecule has 1 heterocycles. The molecule has 1 aliphatic heterocycles. The van der Waals surface area contributed by atoms with E-state index in [1.807, 2.05) is 30.3 Å². The molecule has 2 aromatic rings. The Kier molecular flexibility index (Phi) is 4.88. The molecule has 3 rings (SSSR count). The number of hydrogen-bond acceptors (Lipinski definition) is 3.